The van der Waals surface area contributed by atoms with E-state index in [1.165, 1.54) is 33.2 Å². The summed E-state index contributed by atoms with van der Waals surface area (Å²) in [6, 6.07) is 16.8. The number of hydrogen-bond donors (Lipinski definition) is 1. The third-order valence-electron chi connectivity index (χ3n) is 7.17. The van der Waals surface area contributed by atoms with Gasteiger partial charge in [-0.25, -0.2) is 4.98 Å². The highest BCUT2D eigenvalue weighted by Crippen LogP contribution is 2.42. The Balaban J connectivity index is 1.22. The van der Waals surface area contributed by atoms with Crippen LogP contribution in [0.25, 0.3) is 26.7 Å². The monoisotopic (exact) mass is 441 g/mol. The molecule has 162 valence electrons. The first-order chi connectivity index (χ1) is 15.8. The van der Waals surface area contributed by atoms with Gasteiger partial charge in [-0.05, 0) is 43.0 Å². The molecule has 2 aromatic heterocycles. The van der Waals surface area contributed by atoms with E-state index in [2.05, 4.69) is 64.6 Å². The Morgan fingerprint density at radius 1 is 1.06 bits per heavy atom. The number of carbonyl (C=O) groups excluding carboxylic acids is 1. The molecular weight excluding hydrogens is 414 g/mol. The number of aromatic nitrogens is 2. The molecule has 3 heterocycles. The average Bonchev–Trinajstić information content (AvgIpc) is 3.48. The molecule has 0 radical (unpaired) electrons. The van der Waals surface area contributed by atoms with E-state index in [0.717, 1.165) is 42.8 Å². The number of para-hydroxylation sites is 2. The molecule has 0 bridgehead atoms. The normalized spacial score (nSPS) is 21.8. The quantitative estimate of drug-likeness (QED) is 0.402. The predicted octanol–water partition coefficient (Wildman–Crippen LogP) is 6.37. The van der Waals surface area contributed by atoms with Crippen molar-refractivity contribution < 1.29 is 4.79 Å². The van der Waals surface area contributed by atoms with E-state index in [0.29, 0.717) is 12.5 Å². The van der Waals surface area contributed by atoms with Crippen molar-refractivity contribution in [1.29, 1.82) is 0 Å². The maximum absolute atomic E-state index is 13.6. The van der Waals surface area contributed by atoms with Crippen molar-refractivity contribution in [2.75, 3.05) is 13.1 Å². The van der Waals surface area contributed by atoms with Crippen LogP contribution in [0.2, 0.25) is 0 Å². The molecule has 0 saturated heterocycles. The second kappa shape index (κ2) is 8.21. The fraction of sp³-hybridized carbons (Fsp3) is 0.333. The lowest BCUT2D eigenvalue weighted by Crippen LogP contribution is -2.41. The number of aromatic amines is 1. The van der Waals surface area contributed by atoms with Crippen LogP contribution in [0.15, 0.2) is 60.8 Å². The van der Waals surface area contributed by atoms with Crippen molar-refractivity contribution in [1.82, 2.24) is 14.9 Å². The zero-order valence-electron chi connectivity index (χ0n) is 18.1. The molecule has 1 aliphatic carbocycles. The number of carbonyl (C=O) groups is 1. The Labute approximate surface area is 192 Å². The van der Waals surface area contributed by atoms with Gasteiger partial charge in [0.1, 0.15) is 0 Å². The largest absolute Gasteiger partial charge is 0.361 e. The van der Waals surface area contributed by atoms with Gasteiger partial charge in [-0.1, -0.05) is 49.2 Å². The molecule has 4 nitrogen and oxygen atoms in total. The standard InChI is InChI=1S/C27H27N3OS/c31-27(21-9-2-1-8-20(21)26-29-24-11-5-6-12-25(24)32-26)30-15-13-18(14-16-30)22-17-28-23-10-4-3-7-19(22)23/h3-7,10-13,17,20-21,28H,1-2,8-9,14-16H2/t20-,21+/m0/s1. The summed E-state index contributed by atoms with van der Waals surface area (Å²) < 4.78 is 1.23. The topological polar surface area (TPSA) is 49.0 Å². The summed E-state index contributed by atoms with van der Waals surface area (Å²) in [5.74, 6) is 0.642. The van der Waals surface area contributed by atoms with Crippen molar-refractivity contribution in [3.63, 3.8) is 0 Å². The van der Waals surface area contributed by atoms with Gasteiger partial charge in [-0.3, -0.25) is 4.79 Å². The Morgan fingerprint density at radius 2 is 1.91 bits per heavy atom. The highest BCUT2D eigenvalue weighted by atomic mass is 32.1. The summed E-state index contributed by atoms with van der Waals surface area (Å²) in [6.45, 7) is 1.50. The van der Waals surface area contributed by atoms with Crippen molar-refractivity contribution in [2.45, 2.75) is 38.0 Å². The zero-order valence-corrected chi connectivity index (χ0v) is 18.9. The van der Waals surface area contributed by atoms with Crippen LogP contribution in [0.4, 0.5) is 0 Å². The molecule has 2 aliphatic rings. The molecule has 1 fully saturated rings. The molecule has 1 aliphatic heterocycles. The van der Waals surface area contributed by atoms with E-state index in [1.54, 1.807) is 11.3 Å². The van der Waals surface area contributed by atoms with Gasteiger partial charge in [0.2, 0.25) is 5.91 Å². The van der Waals surface area contributed by atoms with Crippen molar-refractivity contribution >= 4 is 43.9 Å². The van der Waals surface area contributed by atoms with Crippen LogP contribution in [-0.4, -0.2) is 33.9 Å². The van der Waals surface area contributed by atoms with Crippen LogP contribution in [-0.2, 0) is 4.79 Å². The van der Waals surface area contributed by atoms with Crippen LogP contribution < -0.4 is 0 Å². The van der Waals surface area contributed by atoms with Gasteiger partial charge >= 0.3 is 0 Å². The van der Waals surface area contributed by atoms with Crippen molar-refractivity contribution in [3.8, 4) is 0 Å². The molecule has 32 heavy (non-hydrogen) atoms. The molecular formula is C27H27N3OS. The molecule has 4 aromatic rings. The number of amides is 1. The first-order valence-corrected chi connectivity index (χ1v) is 12.5. The molecule has 0 spiro atoms. The number of nitrogens with zero attached hydrogens (tertiary/aromatic N) is 2. The Kier molecular flexibility index (Phi) is 5.07. The predicted molar refractivity (Wildman–Crippen MR) is 132 cm³/mol. The van der Waals surface area contributed by atoms with Crippen molar-refractivity contribution in [3.05, 3.63) is 71.4 Å². The fourth-order valence-electron chi connectivity index (χ4n) is 5.46. The number of benzene rings is 2. The maximum atomic E-state index is 13.6. The lowest BCUT2D eigenvalue weighted by Gasteiger charge is -2.35. The highest BCUT2D eigenvalue weighted by Gasteiger charge is 2.36. The first-order valence-electron chi connectivity index (χ1n) is 11.7. The maximum Gasteiger partial charge on any atom is 0.226 e. The third kappa shape index (κ3) is 3.45. The van der Waals surface area contributed by atoms with Crippen LogP contribution in [0, 0.1) is 5.92 Å². The Bertz CT molecular complexity index is 1280. The van der Waals surface area contributed by atoms with Crippen molar-refractivity contribution in [2.24, 2.45) is 5.92 Å². The summed E-state index contributed by atoms with van der Waals surface area (Å²) >= 11 is 1.77. The van der Waals surface area contributed by atoms with E-state index in [-0.39, 0.29) is 11.8 Å². The lowest BCUT2D eigenvalue weighted by molar-refractivity contribution is -0.136. The second-order valence-electron chi connectivity index (χ2n) is 9.03. The third-order valence-corrected chi connectivity index (χ3v) is 8.34. The molecule has 1 saturated carbocycles. The van der Waals surface area contributed by atoms with Crippen LogP contribution >= 0.6 is 11.3 Å². The van der Waals surface area contributed by atoms with Crippen LogP contribution in [0.3, 0.4) is 0 Å². The molecule has 1 N–H and O–H groups in total. The minimum Gasteiger partial charge on any atom is -0.361 e. The van der Waals surface area contributed by atoms with E-state index in [9.17, 15) is 4.79 Å². The summed E-state index contributed by atoms with van der Waals surface area (Å²) in [5.41, 5.74) is 4.85. The second-order valence-corrected chi connectivity index (χ2v) is 10.1. The van der Waals surface area contributed by atoms with Gasteiger partial charge in [-0.15, -0.1) is 11.3 Å². The van der Waals surface area contributed by atoms with E-state index >= 15 is 0 Å². The minimum atomic E-state index is 0.0624. The molecule has 5 heteroatoms. The zero-order chi connectivity index (χ0) is 21.5. The number of nitrogens with one attached hydrogen (secondary N) is 1. The SMILES string of the molecule is O=C([C@@H]1CCCC[C@@H]1c1nc2ccccc2s1)N1CC=C(c2c[nH]c3ccccc23)CC1. The smallest absolute Gasteiger partial charge is 0.226 e. The van der Waals surface area contributed by atoms with Gasteiger partial charge < -0.3 is 9.88 Å². The number of hydrogen-bond acceptors (Lipinski definition) is 3. The van der Waals surface area contributed by atoms with Crippen LogP contribution in [0.5, 0.6) is 0 Å². The minimum absolute atomic E-state index is 0.0624. The summed E-state index contributed by atoms with van der Waals surface area (Å²) in [6.07, 6.45) is 9.66. The highest BCUT2D eigenvalue weighted by molar-refractivity contribution is 7.18. The first kappa shape index (κ1) is 19.7. The Morgan fingerprint density at radius 3 is 2.78 bits per heavy atom. The average molecular weight is 442 g/mol. The van der Waals surface area contributed by atoms with Gasteiger partial charge in [-0.2, -0.15) is 0 Å². The van der Waals surface area contributed by atoms with Gasteiger partial charge in [0, 0.05) is 47.6 Å². The molecule has 6 rings (SSSR count). The Hall–Kier alpha value is -2.92. The number of fused-ring (bicyclic) bond motifs is 2. The number of H-pyrrole nitrogens is 1. The molecule has 0 unspecified atom stereocenters. The summed E-state index contributed by atoms with van der Waals surface area (Å²) in [7, 11) is 0. The van der Waals surface area contributed by atoms with Gasteiger partial charge in [0.15, 0.2) is 0 Å². The van der Waals surface area contributed by atoms with E-state index < -0.39 is 0 Å². The van der Waals surface area contributed by atoms with E-state index in [4.69, 9.17) is 4.98 Å². The summed E-state index contributed by atoms with van der Waals surface area (Å²) in [4.78, 5) is 24.0. The molecule has 2 atom stereocenters. The van der Waals surface area contributed by atoms with E-state index in [1.807, 2.05) is 6.07 Å². The molecule has 2 aromatic carbocycles. The van der Waals surface area contributed by atoms with Crippen LogP contribution in [0.1, 0.15) is 48.6 Å². The number of thiazole rings is 1. The lowest BCUT2D eigenvalue weighted by atomic mass is 9.78. The molecule has 1 amide bonds. The summed E-state index contributed by atoms with van der Waals surface area (Å²) in [5, 5.41) is 2.41. The van der Waals surface area contributed by atoms with Gasteiger partial charge in [0.25, 0.3) is 0 Å². The fourth-order valence-corrected chi connectivity index (χ4v) is 6.62. The number of rotatable bonds is 3. The van der Waals surface area contributed by atoms with Gasteiger partial charge in [0.05, 0.1) is 15.2 Å².